The Labute approximate surface area is 206 Å². The van der Waals surface area contributed by atoms with Crippen molar-refractivity contribution < 1.29 is 40.9 Å². The number of esters is 1. The van der Waals surface area contributed by atoms with Crippen molar-refractivity contribution in [1.29, 1.82) is 0 Å². The van der Waals surface area contributed by atoms with E-state index in [1.807, 2.05) is 0 Å². The van der Waals surface area contributed by atoms with Gasteiger partial charge in [-0.05, 0) is 45.0 Å². The molecule has 3 aromatic rings. The van der Waals surface area contributed by atoms with Crippen LogP contribution >= 0.6 is 0 Å². The molecule has 0 fully saturated rings. The molecule has 0 bridgehead atoms. The average Bonchev–Trinajstić information content (AvgIpc) is 3.32. The third-order valence-electron chi connectivity index (χ3n) is 4.72. The van der Waals surface area contributed by atoms with Crippen molar-refractivity contribution >= 4 is 27.0 Å². The molecule has 1 aromatic heterocycles. The lowest BCUT2D eigenvalue weighted by Crippen LogP contribution is -2.41. The summed E-state index contributed by atoms with van der Waals surface area (Å²) in [6.45, 7) is 4.91. The Morgan fingerprint density at radius 2 is 1.69 bits per heavy atom. The van der Waals surface area contributed by atoms with Crippen LogP contribution in [0.25, 0.3) is 11.1 Å². The Morgan fingerprint density at radius 3 is 2.22 bits per heavy atom. The Morgan fingerprint density at radius 1 is 1.03 bits per heavy atom. The van der Waals surface area contributed by atoms with Crippen LogP contribution in [0.4, 0.5) is 13.2 Å². The van der Waals surface area contributed by atoms with Gasteiger partial charge in [-0.2, -0.15) is 13.2 Å². The van der Waals surface area contributed by atoms with Gasteiger partial charge in [0.05, 0.1) is 34.2 Å². The van der Waals surface area contributed by atoms with E-state index in [1.54, 1.807) is 37.6 Å². The van der Waals surface area contributed by atoms with E-state index in [2.05, 4.69) is 0 Å². The number of alkyl halides is 3. The van der Waals surface area contributed by atoms with E-state index in [9.17, 15) is 27.0 Å². The lowest BCUT2D eigenvalue weighted by molar-refractivity contribution is -0.171. The number of carbonyl (C=O) groups excluding carboxylic acids is 2. The number of hydrogen-bond acceptors (Lipinski definition) is 6. The second-order valence-corrected chi connectivity index (χ2v) is 10.7. The minimum atomic E-state index is -5.29. The molecule has 0 radical (unpaired) electrons. The highest BCUT2D eigenvalue weighted by Gasteiger charge is 2.40. The van der Waals surface area contributed by atoms with E-state index in [0.29, 0.717) is 11.1 Å². The van der Waals surface area contributed by atoms with Gasteiger partial charge in [0.15, 0.2) is 0 Å². The van der Waals surface area contributed by atoms with Gasteiger partial charge in [0, 0.05) is 22.1 Å². The topological polar surface area (TPSA) is 94.8 Å². The van der Waals surface area contributed by atoms with Gasteiger partial charge >= 0.3 is 18.1 Å². The lowest BCUT2D eigenvalue weighted by Gasteiger charge is -2.22. The van der Waals surface area contributed by atoms with Gasteiger partial charge in [0.2, 0.25) is 0 Å². The smallest absolute Gasteiger partial charge is 0.472 e. The normalized spacial score (nSPS) is 13.4. The van der Waals surface area contributed by atoms with E-state index >= 15 is 0 Å². The first-order chi connectivity index (χ1) is 16.7. The predicted octanol–water partition coefficient (Wildman–Crippen LogP) is 5.00. The second kappa shape index (κ2) is 10.1. The molecule has 0 aliphatic carbocycles. The summed E-state index contributed by atoms with van der Waals surface area (Å²) >= 11 is 0. The van der Waals surface area contributed by atoms with Gasteiger partial charge in [-0.3, -0.25) is 9.52 Å². The third-order valence-corrected chi connectivity index (χ3v) is 6.76. The van der Waals surface area contributed by atoms with E-state index in [0.717, 1.165) is 5.37 Å². The number of ether oxygens (including phenoxy) is 2. The van der Waals surface area contributed by atoms with Gasteiger partial charge < -0.3 is 13.9 Å². The zero-order chi connectivity index (χ0) is 26.7. The number of furan rings is 1. The first kappa shape index (κ1) is 26.9. The summed E-state index contributed by atoms with van der Waals surface area (Å²) in [5.41, 5.74) is -0.205. The standard InChI is InChI=1S/C25H24F3NO6S/c1-24(2,3)35-22(30)20-17(10-11-19(21(20)33-4)16-12-13-34-14-16)15-36(32,18-8-6-5-7-9-18)29-23(31)25(26,27)28/h5-15H,1-4H3,(H,29,31,32). The zero-order valence-corrected chi connectivity index (χ0v) is 20.7. The molecule has 0 aliphatic heterocycles. The number of carbonyl (C=O) groups is 2. The van der Waals surface area contributed by atoms with Crippen LogP contribution in [-0.4, -0.2) is 40.3 Å². The summed E-state index contributed by atoms with van der Waals surface area (Å²) < 4.78 is 70.9. The first-order valence-corrected chi connectivity index (χ1v) is 12.2. The van der Waals surface area contributed by atoms with Crippen LogP contribution in [0.3, 0.4) is 0 Å². The molecule has 2 aromatic carbocycles. The maximum absolute atomic E-state index is 13.9. The largest absolute Gasteiger partial charge is 0.495 e. The fourth-order valence-electron chi connectivity index (χ4n) is 3.25. The van der Waals surface area contributed by atoms with E-state index < -0.39 is 33.4 Å². The van der Waals surface area contributed by atoms with Crippen molar-refractivity contribution in [2.75, 3.05) is 7.11 Å². The van der Waals surface area contributed by atoms with Crippen LogP contribution in [0.5, 0.6) is 5.75 Å². The summed E-state index contributed by atoms with van der Waals surface area (Å²) in [5, 5.41) is 0.910. The van der Waals surface area contributed by atoms with Gasteiger partial charge in [-0.25, -0.2) is 9.00 Å². The van der Waals surface area contributed by atoms with Crippen LogP contribution in [0, 0.1) is 0 Å². The molecule has 1 amide bonds. The number of halogens is 3. The third kappa shape index (κ3) is 6.09. The summed E-state index contributed by atoms with van der Waals surface area (Å²) in [4.78, 5) is 25.0. The highest BCUT2D eigenvalue weighted by Crippen LogP contribution is 2.36. The summed E-state index contributed by atoms with van der Waals surface area (Å²) in [5.74, 6) is -3.24. The average molecular weight is 524 g/mol. The fraction of sp³-hybridized carbons (Fsp3) is 0.240. The zero-order valence-electron chi connectivity index (χ0n) is 19.8. The van der Waals surface area contributed by atoms with Crippen LogP contribution in [-0.2, 0) is 19.2 Å². The highest BCUT2D eigenvalue weighted by molar-refractivity contribution is 8.00. The summed E-state index contributed by atoms with van der Waals surface area (Å²) in [6.07, 6.45) is -2.46. The number of hydrogen-bond donors (Lipinski definition) is 1. The van der Waals surface area contributed by atoms with E-state index in [1.165, 1.54) is 56.0 Å². The van der Waals surface area contributed by atoms with Crippen molar-refractivity contribution in [1.82, 2.24) is 4.72 Å². The molecule has 0 saturated carbocycles. The van der Waals surface area contributed by atoms with Gasteiger partial charge in [0.1, 0.15) is 16.9 Å². The number of nitrogens with one attached hydrogen (secondary N) is 1. The number of amides is 1. The van der Waals surface area contributed by atoms with E-state index in [-0.39, 0.29) is 21.8 Å². The highest BCUT2D eigenvalue weighted by atomic mass is 32.2. The molecular weight excluding hydrogens is 499 g/mol. The molecule has 0 spiro atoms. The van der Waals surface area contributed by atoms with Crippen molar-refractivity contribution in [3.63, 3.8) is 0 Å². The quantitative estimate of drug-likeness (QED) is 0.361. The Kier molecular flexibility index (Phi) is 7.54. The molecule has 1 unspecified atom stereocenters. The van der Waals surface area contributed by atoms with Crippen molar-refractivity contribution in [2.24, 2.45) is 0 Å². The number of methoxy groups -OCH3 is 1. The van der Waals surface area contributed by atoms with Gasteiger partial charge in [0.25, 0.3) is 0 Å². The molecule has 7 nitrogen and oxygen atoms in total. The maximum Gasteiger partial charge on any atom is 0.472 e. The molecular formula is C25H24F3NO6S. The predicted molar refractivity (Wildman–Crippen MR) is 128 cm³/mol. The molecule has 1 atom stereocenters. The fourth-order valence-corrected chi connectivity index (χ4v) is 5.07. The molecule has 3 rings (SSSR count). The molecule has 0 aliphatic rings. The molecule has 192 valence electrons. The first-order valence-electron chi connectivity index (χ1n) is 10.5. The minimum Gasteiger partial charge on any atom is -0.495 e. The molecule has 1 N–H and O–H groups in total. The van der Waals surface area contributed by atoms with E-state index in [4.69, 9.17) is 13.9 Å². The summed E-state index contributed by atoms with van der Waals surface area (Å²) in [6, 6.07) is 11.6. The molecule has 0 saturated heterocycles. The SMILES string of the molecule is COc1c(-c2ccoc2)ccc(C=S(=O)(NC(=O)C(F)(F)F)c2ccccc2)c1C(=O)OC(C)(C)C. The molecule has 1 heterocycles. The minimum absolute atomic E-state index is 0.0244. The van der Waals surface area contributed by atoms with Crippen molar-refractivity contribution in [3.05, 3.63) is 72.2 Å². The Hall–Kier alpha value is -3.73. The van der Waals surface area contributed by atoms with Crippen LogP contribution in [0.15, 0.2) is 70.4 Å². The monoisotopic (exact) mass is 523 g/mol. The maximum atomic E-state index is 13.9. The second-order valence-electron chi connectivity index (χ2n) is 8.59. The lowest BCUT2D eigenvalue weighted by atomic mass is 9.99. The van der Waals surface area contributed by atoms with Crippen LogP contribution < -0.4 is 9.46 Å². The van der Waals surface area contributed by atoms with Crippen molar-refractivity contribution in [3.8, 4) is 16.9 Å². The number of benzene rings is 2. The Balaban J connectivity index is 2.34. The van der Waals surface area contributed by atoms with Crippen LogP contribution in [0.1, 0.15) is 36.7 Å². The van der Waals surface area contributed by atoms with Gasteiger partial charge in [-0.1, -0.05) is 24.3 Å². The Bertz CT molecular complexity index is 1370. The molecule has 36 heavy (non-hydrogen) atoms. The molecule has 11 heteroatoms. The van der Waals surface area contributed by atoms with Crippen molar-refractivity contribution in [2.45, 2.75) is 37.4 Å². The van der Waals surface area contributed by atoms with Crippen LogP contribution in [0.2, 0.25) is 0 Å². The summed E-state index contributed by atoms with van der Waals surface area (Å²) in [7, 11) is -2.72. The van der Waals surface area contributed by atoms with Gasteiger partial charge in [-0.15, -0.1) is 0 Å². The number of rotatable bonds is 6.